The number of halogens is 3. The third kappa shape index (κ3) is 4.00. The van der Waals surface area contributed by atoms with Gasteiger partial charge in [0.25, 0.3) is 0 Å². The normalized spacial score (nSPS) is 24.4. The van der Waals surface area contributed by atoms with Crippen molar-refractivity contribution in [2.45, 2.75) is 19.3 Å². The predicted octanol–water partition coefficient (Wildman–Crippen LogP) is 3.01. The number of hydrogen-bond donors (Lipinski definition) is 1. The van der Waals surface area contributed by atoms with Crippen LogP contribution < -0.4 is 5.32 Å². The molecule has 1 aromatic rings. The van der Waals surface area contributed by atoms with E-state index in [1.54, 1.807) is 12.1 Å². The van der Waals surface area contributed by atoms with Gasteiger partial charge in [-0.1, -0.05) is 6.07 Å². The van der Waals surface area contributed by atoms with Crippen LogP contribution in [0.2, 0.25) is 0 Å². The lowest BCUT2D eigenvalue weighted by Crippen LogP contribution is -2.33. The van der Waals surface area contributed by atoms with Gasteiger partial charge >= 0.3 is 0 Å². The van der Waals surface area contributed by atoms with Crippen LogP contribution in [0.25, 0.3) is 0 Å². The van der Waals surface area contributed by atoms with E-state index in [-0.39, 0.29) is 24.1 Å². The van der Waals surface area contributed by atoms with Gasteiger partial charge in [0.05, 0.1) is 10.9 Å². The van der Waals surface area contributed by atoms with Gasteiger partial charge in [-0.2, -0.15) is 0 Å². The second kappa shape index (κ2) is 7.75. The van der Waals surface area contributed by atoms with Crippen molar-refractivity contribution in [1.29, 1.82) is 0 Å². The molecule has 1 aromatic carbocycles. The number of nitrogens with one attached hydrogen (secondary N) is 1. The third-order valence-corrected chi connectivity index (χ3v) is 5.32. The lowest BCUT2D eigenvalue weighted by molar-refractivity contribution is -0.130. The molecular weight excluding hydrogens is 371 g/mol. The summed E-state index contributed by atoms with van der Waals surface area (Å²) in [5.41, 5.74) is 0.861. The SMILES string of the molecule is Cl.O=C(Cc1ccc(F)c(Br)c1)N1CC[C@@H]2CNC[C@@H]2CC1. The number of nitrogens with zero attached hydrogens (tertiary/aromatic N) is 1. The van der Waals surface area contributed by atoms with Crippen LogP contribution in [0.5, 0.6) is 0 Å². The Kier molecular flexibility index (Phi) is 6.24. The summed E-state index contributed by atoms with van der Waals surface area (Å²) in [6.45, 7) is 3.89. The summed E-state index contributed by atoms with van der Waals surface area (Å²) in [4.78, 5) is 14.4. The van der Waals surface area contributed by atoms with E-state index in [4.69, 9.17) is 0 Å². The van der Waals surface area contributed by atoms with Gasteiger partial charge in [0.2, 0.25) is 5.91 Å². The molecular formula is C16H21BrClFN2O. The van der Waals surface area contributed by atoms with E-state index in [9.17, 15) is 9.18 Å². The highest BCUT2D eigenvalue weighted by atomic mass is 79.9. The first-order chi connectivity index (χ1) is 10.1. The fourth-order valence-electron chi connectivity index (χ4n) is 3.40. The first-order valence-electron chi connectivity index (χ1n) is 7.56. The zero-order chi connectivity index (χ0) is 14.8. The molecule has 0 unspecified atom stereocenters. The first-order valence-corrected chi connectivity index (χ1v) is 8.35. The molecule has 1 N–H and O–H groups in total. The maximum atomic E-state index is 13.2. The van der Waals surface area contributed by atoms with Crippen molar-refractivity contribution in [1.82, 2.24) is 10.2 Å². The van der Waals surface area contributed by atoms with Gasteiger partial charge in [-0.05, 0) is 71.4 Å². The van der Waals surface area contributed by atoms with E-state index in [0.717, 1.165) is 56.4 Å². The summed E-state index contributed by atoms with van der Waals surface area (Å²) in [6.07, 6.45) is 2.54. The zero-order valence-corrected chi connectivity index (χ0v) is 14.8. The third-order valence-electron chi connectivity index (χ3n) is 4.71. The monoisotopic (exact) mass is 390 g/mol. The van der Waals surface area contributed by atoms with Crippen LogP contribution in [-0.2, 0) is 11.2 Å². The lowest BCUT2D eigenvalue weighted by Gasteiger charge is -2.21. The highest BCUT2D eigenvalue weighted by molar-refractivity contribution is 9.10. The number of fused-ring (bicyclic) bond motifs is 1. The van der Waals surface area contributed by atoms with Crippen LogP contribution in [0.1, 0.15) is 18.4 Å². The summed E-state index contributed by atoms with van der Waals surface area (Å²) in [7, 11) is 0. The Hall–Kier alpha value is -0.650. The maximum Gasteiger partial charge on any atom is 0.226 e. The molecule has 122 valence electrons. The molecule has 1 amide bonds. The number of carbonyl (C=O) groups excluding carboxylic acids is 1. The van der Waals surface area contributed by atoms with Crippen molar-refractivity contribution < 1.29 is 9.18 Å². The summed E-state index contributed by atoms with van der Waals surface area (Å²) >= 11 is 3.17. The van der Waals surface area contributed by atoms with Crippen molar-refractivity contribution in [3.05, 3.63) is 34.1 Å². The van der Waals surface area contributed by atoms with E-state index in [1.807, 2.05) is 4.90 Å². The van der Waals surface area contributed by atoms with E-state index >= 15 is 0 Å². The number of likely N-dealkylation sites (tertiary alicyclic amines) is 1. The molecule has 2 aliphatic heterocycles. The Morgan fingerprint density at radius 3 is 2.50 bits per heavy atom. The van der Waals surface area contributed by atoms with E-state index in [0.29, 0.717) is 10.9 Å². The molecule has 3 rings (SSSR count). The zero-order valence-electron chi connectivity index (χ0n) is 12.4. The molecule has 22 heavy (non-hydrogen) atoms. The molecule has 6 heteroatoms. The molecule has 2 heterocycles. The fourth-order valence-corrected chi connectivity index (χ4v) is 3.83. The van der Waals surface area contributed by atoms with Crippen molar-refractivity contribution in [2.75, 3.05) is 26.2 Å². The Morgan fingerprint density at radius 2 is 1.91 bits per heavy atom. The molecule has 0 bridgehead atoms. The number of benzene rings is 1. The number of carbonyl (C=O) groups is 1. The van der Waals surface area contributed by atoms with Crippen molar-refractivity contribution in [3.8, 4) is 0 Å². The number of amides is 1. The van der Waals surface area contributed by atoms with Crippen LogP contribution in [-0.4, -0.2) is 37.0 Å². The maximum absolute atomic E-state index is 13.2. The summed E-state index contributed by atoms with van der Waals surface area (Å²) in [5, 5.41) is 3.44. The molecule has 0 aromatic heterocycles. The fraction of sp³-hybridized carbons (Fsp3) is 0.562. The number of hydrogen-bond acceptors (Lipinski definition) is 2. The van der Waals surface area contributed by atoms with E-state index < -0.39 is 0 Å². The van der Waals surface area contributed by atoms with Crippen molar-refractivity contribution in [2.24, 2.45) is 11.8 Å². The average Bonchev–Trinajstić information content (AvgIpc) is 2.81. The highest BCUT2D eigenvalue weighted by Crippen LogP contribution is 2.27. The molecule has 2 aliphatic rings. The van der Waals surface area contributed by atoms with Crippen LogP contribution in [0.4, 0.5) is 4.39 Å². The smallest absolute Gasteiger partial charge is 0.226 e. The second-order valence-electron chi connectivity index (χ2n) is 6.06. The largest absolute Gasteiger partial charge is 0.342 e. The van der Waals surface area contributed by atoms with E-state index in [1.165, 1.54) is 6.07 Å². The van der Waals surface area contributed by atoms with Crippen molar-refractivity contribution >= 4 is 34.2 Å². The minimum absolute atomic E-state index is 0. The summed E-state index contributed by atoms with van der Waals surface area (Å²) in [6, 6.07) is 4.80. The van der Waals surface area contributed by atoms with Gasteiger partial charge in [-0.3, -0.25) is 4.79 Å². The van der Waals surface area contributed by atoms with Gasteiger partial charge in [0.1, 0.15) is 5.82 Å². The van der Waals surface area contributed by atoms with Crippen LogP contribution in [0.3, 0.4) is 0 Å². The Morgan fingerprint density at radius 1 is 1.27 bits per heavy atom. The first kappa shape index (κ1) is 17.7. The quantitative estimate of drug-likeness (QED) is 0.840. The van der Waals surface area contributed by atoms with E-state index in [2.05, 4.69) is 21.2 Å². The minimum Gasteiger partial charge on any atom is -0.342 e. The average molecular weight is 392 g/mol. The predicted molar refractivity (Wildman–Crippen MR) is 90.7 cm³/mol. The van der Waals surface area contributed by atoms with Gasteiger partial charge in [-0.15, -0.1) is 12.4 Å². The Balaban J connectivity index is 0.00000176. The van der Waals surface area contributed by atoms with Crippen LogP contribution >= 0.6 is 28.3 Å². The molecule has 0 spiro atoms. The molecule has 2 saturated heterocycles. The van der Waals surface area contributed by atoms with Gasteiger partial charge in [0.15, 0.2) is 0 Å². The second-order valence-corrected chi connectivity index (χ2v) is 6.92. The van der Waals surface area contributed by atoms with Gasteiger partial charge in [0, 0.05) is 13.1 Å². The molecule has 2 atom stereocenters. The Labute approximate surface area is 145 Å². The van der Waals surface area contributed by atoms with Crippen LogP contribution in [0.15, 0.2) is 22.7 Å². The van der Waals surface area contributed by atoms with Crippen molar-refractivity contribution in [3.63, 3.8) is 0 Å². The molecule has 2 fully saturated rings. The summed E-state index contributed by atoms with van der Waals surface area (Å²) < 4.78 is 13.6. The molecule has 0 aliphatic carbocycles. The standard InChI is InChI=1S/C16H20BrFN2O.ClH/c17-14-7-11(1-2-15(14)18)8-16(21)20-5-3-12-9-19-10-13(12)4-6-20;/h1-2,7,12-13,19H,3-6,8-10H2;1H/t12-,13+;. The highest BCUT2D eigenvalue weighted by Gasteiger charge is 2.31. The molecule has 0 radical (unpaired) electrons. The van der Waals surface area contributed by atoms with Gasteiger partial charge in [-0.25, -0.2) is 4.39 Å². The lowest BCUT2D eigenvalue weighted by atomic mass is 9.92. The summed E-state index contributed by atoms with van der Waals surface area (Å²) in [5.74, 6) is 1.31. The topological polar surface area (TPSA) is 32.3 Å². The minimum atomic E-state index is -0.290. The van der Waals surface area contributed by atoms with Gasteiger partial charge < -0.3 is 10.2 Å². The van der Waals surface area contributed by atoms with Crippen LogP contribution in [0, 0.1) is 17.7 Å². The number of rotatable bonds is 2. The molecule has 3 nitrogen and oxygen atoms in total. The molecule has 0 saturated carbocycles. The Bertz CT molecular complexity index is 529.